The molecule has 1 saturated carbocycles. The predicted molar refractivity (Wildman–Crippen MR) is 125 cm³/mol. The first-order chi connectivity index (χ1) is 13.9. The number of hydrogen-bond donors (Lipinski definition) is 0. The second kappa shape index (κ2) is 10.3. The van der Waals surface area contributed by atoms with Crippen LogP contribution in [0.25, 0.3) is 21.5 Å². The summed E-state index contributed by atoms with van der Waals surface area (Å²) in [5.41, 5.74) is 5.92. The smallest absolute Gasteiger partial charge is 1.00 e. The van der Waals surface area contributed by atoms with Gasteiger partial charge in [0, 0.05) is 0 Å². The Balaban J connectivity index is 0.000000211. The molecule has 7 rings (SSSR count). The van der Waals surface area contributed by atoms with Gasteiger partial charge in [0.05, 0.1) is 0 Å². The van der Waals surface area contributed by atoms with Crippen molar-refractivity contribution in [3.8, 4) is 0 Å². The molecule has 0 aromatic heterocycles. The summed E-state index contributed by atoms with van der Waals surface area (Å²) < 4.78 is 0. The molecule has 3 heteroatoms. The topological polar surface area (TPSA) is 0 Å². The van der Waals surface area contributed by atoms with Gasteiger partial charge in [-0.2, -0.15) is 11.1 Å². The predicted octanol–water partition coefficient (Wildman–Crippen LogP) is 2.39. The molecule has 1 fully saturated rings. The molecule has 0 nitrogen and oxygen atoms in total. The van der Waals surface area contributed by atoms with Crippen LogP contribution in [0.4, 0.5) is 0 Å². The average Bonchev–Trinajstić information content (AvgIpc) is 3.35. The van der Waals surface area contributed by atoms with E-state index in [0.717, 1.165) is 0 Å². The Morgan fingerprint density at radius 3 is 1.78 bits per heavy atom. The fourth-order valence-corrected chi connectivity index (χ4v) is 6.17. The summed E-state index contributed by atoms with van der Waals surface area (Å²) >= 11 is 0. The summed E-state index contributed by atoms with van der Waals surface area (Å²) in [6.45, 7) is 9.42. The Bertz CT molecular complexity index is 1090. The molecule has 3 aromatic carbocycles. The largest absolute Gasteiger partial charge is 4.00 e. The van der Waals surface area contributed by atoms with Crippen molar-refractivity contribution in [2.24, 2.45) is 16.7 Å². The first-order valence-corrected chi connectivity index (χ1v) is 11.3. The van der Waals surface area contributed by atoms with Crippen LogP contribution in [0.15, 0.2) is 71.3 Å². The van der Waals surface area contributed by atoms with Crippen LogP contribution in [0.1, 0.15) is 59.8 Å². The van der Waals surface area contributed by atoms with Gasteiger partial charge in [-0.15, -0.1) is 39.7 Å². The second-order valence-electron chi connectivity index (χ2n) is 10.2. The van der Waals surface area contributed by atoms with Crippen molar-refractivity contribution in [3.05, 3.63) is 77.4 Å². The number of rotatable bonds is 0. The van der Waals surface area contributed by atoms with Crippen LogP contribution in [0, 0.1) is 22.8 Å². The van der Waals surface area contributed by atoms with E-state index in [1.165, 1.54) is 53.6 Å². The molecule has 0 amide bonds. The van der Waals surface area contributed by atoms with Gasteiger partial charge >= 0.3 is 26.2 Å². The monoisotopic (exact) mass is 540 g/mol. The van der Waals surface area contributed by atoms with Crippen LogP contribution in [0.5, 0.6) is 0 Å². The molecule has 166 valence electrons. The van der Waals surface area contributed by atoms with E-state index in [1.807, 2.05) is 0 Å². The van der Waals surface area contributed by atoms with Crippen LogP contribution in [-0.4, -0.2) is 0 Å². The number of benzene rings is 2. The van der Waals surface area contributed by atoms with Crippen molar-refractivity contribution >= 4 is 21.5 Å². The fraction of sp³-hybridized carbons (Fsp3) is 0.414. The maximum Gasteiger partial charge on any atom is 4.00 e. The zero-order valence-electron chi connectivity index (χ0n) is 19.6. The first kappa shape index (κ1) is 27.5. The van der Waals surface area contributed by atoms with E-state index < -0.39 is 0 Å². The molecular formula is C29H32Cl2Zr. The van der Waals surface area contributed by atoms with E-state index in [2.05, 4.69) is 88.4 Å². The summed E-state index contributed by atoms with van der Waals surface area (Å²) in [5.74, 6) is 0.613. The molecule has 0 aliphatic heterocycles. The van der Waals surface area contributed by atoms with E-state index in [-0.39, 0.29) is 51.0 Å². The molecule has 0 heterocycles. The molecular weight excluding hydrogens is 510 g/mol. The third-order valence-corrected chi connectivity index (χ3v) is 7.29. The molecule has 1 spiro atoms. The maximum absolute atomic E-state index is 3.75. The minimum atomic E-state index is 0. The zero-order valence-corrected chi connectivity index (χ0v) is 23.5. The van der Waals surface area contributed by atoms with Gasteiger partial charge in [0.2, 0.25) is 0 Å². The Morgan fingerprint density at radius 1 is 0.844 bits per heavy atom. The van der Waals surface area contributed by atoms with Crippen molar-refractivity contribution in [3.63, 3.8) is 0 Å². The van der Waals surface area contributed by atoms with Gasteiger partial charge in [-0.1, -0.05) is 94.7 Å². The van der Waals surface area contributed by atoms with Crippen molar-refractivity contribution in [2.75, 3.05) is 0 Å². The van der Waals surface area contributed by atoms with E-state index in [4.69, 9.17) is 0 Å². The number of allylic oxidation sites excluding steroid dienone is 4. The zero-order chi connectivity index (χ0) is 20.2. The Kier molecular flexibility index (Phi) is 8.81. The van der Waals surface area contributed by atoms with E-state index in [9.17, 15) is 0 Å². The van der Waals surface area contributed by atoms with E-state index in [1.54, 1.807) is 16.7 Å². The van der Waals surface area contributed by atoms with Crippen LogP contribution < -0.4 is 24.8 Å². The fourth-order valence-electron chi connectivity index (χ4n) is 6.17. The van der Waals surface area contributed by atoms with Crippen LogP contribution >= 0.6 is 0 Å². The van der Waals surface area contributed by atoms with Gasteiger partial charge in [-0.05, 0) is 18.3 Å². The summed E-state index contributed by atoms with van der Waals surface area (Å²) in [6.07, 6.45) is 10.9. The second-order valence-corrected chi connectivity index (χ2v) is 10.2. The van der Waals surface area contributed by atoms with E-state index in [0.29, 0.717) is 16.7 Å². The number of halogens is 2. The van der Waals surface area contributed by atoms with Gasteiger partial charge < -0.3 is 24.8 Å². The molecule has 4 aliphatic carbocycles. The molecule has 3 aromatic rings. The van der Waals surface area contributed by atoms with Gasteiger partial charge in [-0.3, -0.25) is 6.08 Å². The summed E-state index contributed by atoms with van der Waals surface area (Å²) in [6, 6.07) is 19.3. The van der Waals surface area contributed by atoms with Crippen LogP contribution in [0.2, 0.25) is 0 Å². The minimum absolute atomic E-state index is 0. The van der Waals surface area contributed by atoms with E-state index >= 15 is 0 Å². The Hall–Kier alpha value is -0.747. The van der Waals surface area contributed by atoms with Crippen molar-refractivity contribution < 1.29 is 51.0 Å². The Morgan fingerprint density at radius 2 is 1.34 bits per heavy atom. The van der Waals surface area contributed by atoms with Gasteiger partial charge in [0.1, 0.15) is 0 Å². The maximum atomic E-state index is 3.75. The third-order valence-electron chi connectivity index (χ3n) is 7.29. The van der Waals surface area contributed by atoms with Gasteiger partial charge in [0.25, 0.3) is 0 Å². The summed E-state index contributed by atoms with van der Waals surface area (Å²) in [7, 11) is 0. The quantitative estimate of drug-likeness (QED) is 0.383. The SMILES string of the molecule is CC1[C-]=C2C(C(C)(C)C)=C1C21CCCCC1.[Cl-].[Cl-].[Zr+4].c1ccc2c(c1)[cH-]c1ccccc12. The normalized spacial score (nSPS) is 20.4. The first-order valence-electron chi connectivity index (χ1n) is 11.3. The molecule has 0 radical (unpaired) electrons. The van der Waals surface area contributed by atoms with Crippen molar-refractivity contribution in [1.29, 1.82) is 0 Å². The molecule has 4 aliphatic rings. The molecule has 1 atom stereocenters. The van der Waals surface area contributed by atoms with Gasteiger partial charge in [0.15, 0.2) is 0 Å². The molecule has 1 unspecified atom stereocenters. The summed E-state index contributed by atoms with van der Waals surface area (Å²) in [5, 5.41) is 5.39. The molecule has 2 bridgehead atoms. The number of hydrogen-bond acceptors (Lipinski definition) is 0. The standard InChI is InChI=1S/C16H23.C13H9.2ClH.Zr/c1-11-10-12-14(15(2,3)4)13(11)16(12)8-6-5-7-9-16;1-3-7-12-10(5-1)9-11-6-2-4-8-13(11)12;;;/h11H,5-9H2,1-4H3;1-9H;2*1H;/q2*-1;;;+4/p-2. The molecule has 0 saturated heterocycles. The summed E-state index contributed by atoms with van der Waals surface area (Å²) in [4.78, 5) is 0. The average molecular weight is 543 g/mol. The Labute approximate surface area is 225 Å². The third kappa shape index (κ3) is 4.35. The molecule has 32 heavy (non-hydrogen) atoms. The van der Waals surface area contributed by atoms with Crippen molar-refractivity contribution in [1.82, 2.24) is 0 Å². The van der Waals surface area contributed by atoms with Crippen molar-refractivity contribution in [2.45, 2.75) is 59.8 Å². The number of fused-ring (bicyclic) bond motifs is 4. The van der Waals surface area contributed by atoms with Crippen LogP contribution in [0.3, 0.4) is 0 Å². The molecule has 0 N–H and O–H groups in total. The van der Waals surface area contributed by atoms with Crippen LogP contribution in [-0.2, 0) is 26.2 Å². The minimum Gasteiger partial charge on any atom is -1.00 e. The van der Waals surface area contributed by atoms with Gasteiger partial charge in [-0.25, -0.2) is 5.57 Å².